The molecule has 1 amide bonds. The number of carbonyl (C=O) groups is 1. The Bertz CT molecular complexity index is 1050. The third-order valence-electron chi connectivity index (χ3n) is 5.74. The van der Waals surface area contributed by atoms with Gasteiger partial charge in [-0.3, -0.25) is 4.79 Å². The zero-order valence-electron chi connectivity index (χ0n) is 15.1. The Morgan fingerprint density at radius 2 is 2.07 bits per heavy atom. The number of H-pyrrole nitrogens is 1. The Hall–Kier alpha value is -1.75. The molecule has 1 aromatic rings. The van der Waals surface area contributed by atoms with Gasteiger partial charge in [0.05, 0.1) is 11.6 Å². The first kappa shape index (κ1) is 18.6. The van der Waals surface area contributed by atoms with Crippen molar-refractivity contribution in [3.05, 3.63) is 22.3 Å². The summed E-state index contributed by atoms with van der Waals surface area (Å²) in [6.07, 6.45) is 8.25. The fourth-order valence-electron chi connectivity index (χ4n) is 4.06. The first-order valence-electron chi connectivity index (χ1n) is 9.11. The number of amides is 1. The van der Waals surface area contributed by atoms with Crippen LogP contribution in [0, 0.1) is 17.8 Å². The molecule has 1 saturated carbocycles. The van der Waals surface area contributed by atoms with E-state index in [1.54, 1.807) is 12.1 Å². The molecule has 1 aromatic heterocycles. The highest BCUT2D eigenvalue weighted by Gasteiger charge is 2.51. The maximum Gasteiger partial charge on any atom is 0.268 e. The second-order valence-corrected chi connectivity index (χ2v) is 10.1. The molecular formula is C19H22ClN3O3S. The topological polar surface area (TPSA) is 82.3 Å². The van der Waals surface area contributed by atoms with E-state index in [1.807, 2.05) is 6.08 Å². The largest absolute Gasteiger partial charge is 0.350 e. The Morgan fingerprint density at radius 1 is 1.37 bits per heavy atom. The summed E-state index contributed by atoms with van der Waals surface area (Å²) in [5, 5.41) is 4.50. The van der Waals surface area contributed by atoms with Crippen molar-refractivity contribution in [2.45, 2.75) is 36.6 Å². The summed E-state index contributed by atoms with van der Waals surface area (Å²) < 4.78 is 24.9. The number of nitrogens with zero attached hydrogens (tertiary/aromatic N) is 1. The van der Waals surface area contributed by atoms with Gasteiger partial charge in [-0.25, -0.2) is 12.7 Å². The van der Waals surface area contributed by atoms with E-state index < -0.39 is 10.0 Å². The third kappa shape index (κ3) is 3.79. The van der Waals surface area contributed by atoms with Gasteiger partial charge < -0.3 is 10.3 Å². The molecule has 3 aliphatic rings. The number of carbonyl (C=O) groups excluding carboxylic acids is 1. The normalized spacial score (nSPS) is 24.4. The first-order valence-corrected chi connectivity index (χ1v) is 11.4. The van der Waals surface area contributed by atoms with E-state index in [0.717, 1.165) is 36.3 Å². The molecular weight excluding hydrogens is 386 g/mol. The lowest BCUT2D eigenvalue weighted by molar-refractivity contribution is 0.0891. The van der Waals surface area contributed by atoms with E-state index in [4.69, 9.17) is 11.6 Å². The van der Waals surface area contributed by atoms with Crippen LogP contribution in [0.3, 0.4) is 0 Å². The number of rotatable bonds is 4. The predicted molar refractivity (Wildman–Crippen MR) is 105 cm³/mol. The molecule has 4 rings (SSSR count). The van der Waals surface area contributed by atoms with Gasteiger partial charge in [0.1, 0.15) is 11.1 Å². The molecule has 0 aromatic carbocycles. The van der Waals surface area contributed by atoms with Crippen LogP contribution in [0.1, 0.15) is 36.2 Å². The van der Waals surface area contributed by atoms with E-state index in [0.29, 0.717) is 24.7 Å². The van der Waals surface area contributed by atoms with Crippen molar-refractivity contribution >= 4 is 39.7 Å². The molecule has 2 N–H and O–H groups in total. The van der Waals surface area contributed by atoms with Crippen molar-refractivity contribution in [3.8, 4) is 11.8 Å². The van der Waals surface area contributed by atoms with Gasteiger partial charge in [0.2, 0.25) is 10.0 Å². The summed E-state index contributed by atoms with van der Waals surface area (Å²) in [5.74, 6) is 5.92. The molecule has 8 heteroatoms. The van der Waals surface area contributed by atoms with Gasteiger partial charge >= 0.3 is 0 Å². The summed E-state index contributed by atoms with van der Waals surface area (Å²) in [7, 11) is -3.14. The maximum absolute atomic E-state index is 12.8. The fourth-order valence-corrected chi connectivity index (χ4v) is 5.14. The Balaban J connectivity index is 1.47. The molecule has 27 heavy (non-hydrogen) atoms. The van der Waals surface area contributed by atoms with Gasteiger partial charge in [-0.05, 0) is 49.0 Å². The SMILES string of the molecule is CS(=O)(=O)N1CCC(C2(NC(=O)c3cc4c([nH]3)=CC#CC(Cl)C=4)CC2)CC1. The second kappa shape index (κ2) is 6.69. The predicted octanol–water partition coefficient (Wildman–Crippen LogP) is 0.134. The van der Waals surface area contributed by atoms with Gasteiger partial charge in [-0.2, -0.15) is 0 Å². The molecule has 2 fully saturated rings. The minimum Gasteiger partial charge on any atom is -0.350 e. The van der Waals surface area contributed by atoms with Gasteiger partial charge in [-0.15, -0.1) is 11.6 Å². The molecule has 2 aliphatic carbocycles. The van der Waals surface area contributed by atoms with Crippen LogP contribution in [0.2, 0.25) is 0 Å². The number of hydrogen-bond donors (Lipinski definition) is 2. The zero-order chi connectivity index (χ0) is 19.2. The number of alkyl halides is 1. The third-order valence-corrected chi connectivity index (χ3v) is 7.28. The van der Waals surface area contributed by atoms with Crippen molar-refractivity contribution < 1.29 is 13.2 Å². The van der Waals surface area contributed by atoms with Gasteiger partial charge in [-0.1, -0.05) is 11.8 Å². The summed E-state index contributed by atoms with van der Waals surface area (Å²) in [6.45, 7) is 1.05. The van der Waals surface area contributed by atoms with Crippen LogP contribution in [0.25, 0.3) is 12.2 Å². The molecule has 0 bridgehead atoms. The van der Waals surface area contributed by atoms with E-state index in [-0.39, 0.29) is 16.8 Å². The van der Waals surface area contributed by atoms with E-state index >= 15 is 0 Å². The van der Waals surface area contributed by atoms with Crippen molar-refractivity contribution in [2.24, 2.45) is 5.92 Å². The van der Waals surface area contributed by atoms with Crippen molar-refractivity contribution in [3.63, 3.8) is 0 Å². The van der Waals surface area contributed by atoms with Gasteiger partial charge in [0.25, 0.3) is 5.91 Å². The van der Waals surface area contributed by atoms with Crippen molar-refractivity contribution in [1.29, 1.82) is 0 Å². The number of aromatic amines is 1. The standard InChI is InChI=1S/C19H22ClN3O3S/c1-27(25,26)23-9-5-14(6-10-23)19(7-8-19)22-18(24)17-12-13-11-15(20)3-2-4-16(13)21-17/h4,11-12,14-15,21H,5-10H2,1H3,(H,22,24). The first-order chi connectivity index (χ1) is 12.8. The molecule has 0 spiro atoms. The highest BCUT2D eigenvalue weighted by Crippen LogP contribution is 2.46. The van der Waals surface area contributed by atoms with Crippen LogP contribution in [-0.2, 0) is 10.0 Å². The quantitative estimate of drug-likeness (QED) is 0.550. The van der Waals surface area contributed by atoms with Crippen LogP contribution in [-0.4, -0.2) is 53.9 Å². The van der Waals surface area contributed by atoms with Gasteiger partial charge in [0.15, 0.2) is 0 Å². The minimum atomic E-state index is -3.14. The average Bonchev–Trinajstić information content (AvgIpc) is 3.32. The summed E-state index contributed by atoms with van der Waals surface area (Å²) in [4.78, 5) is 15.9. The van der Waals surface area contributed by atoms with E-state index in [9.17, 15) is 13.2 Å². The van der Waals surface area contributed by atoms with Crippen LogP contribution in [0.4, 0.5) is 0 Å². The summed E-state index contributed by atoms with van der Waals surface area (Å²) in [6, 6.07) is 1.80. The minimum absolute atomic E-state index is 0.132. The van der Waals surface area contributed by atoms with Crippen LogP contribution in [0.5, 0.6) is 0 Å². The highest BCUT2D eigenvalue weighted by molar-refractivity contribution is 7.88. The molecule has 1 unspecified atom stereocenters. The number of halogens is 1. The number of aromatic nitrogens is 1. The Kier molecular flexibility index (Phi) is 4.61. The van der Waals surface area contributed by atoms with Crippen molar-refractivity contribution in [1.82, 2.24) is 14.6 Å². The molecule has 2 heterocycles. The lowest BCUT2D eigenvalue weighted by Gasteiger charge is -2.35. The highest BCUT2D eigenvalue weighted by atomic mass is 35.5. The van der Waals surface area contributed by atoms with Crippen LogP contribution in [0.15, 0.2) is 6.07 Å². The number of nitrogens with one attached hydrogen (secondary N) is 2. The monoisotopic (exact) mass is 407 g/mol. The van der Waals surface area contributed by atoms with Gasteiger partial charge in [0, 0.05) is 24.7 Å². The van der Waals surface area contributed by atoms with Crippen molar-refractivity contribution in [2.75, 3.05) is 19.3 Å². The maximum atomic E-state index is 12.8. The summed E-state index contributed by atoms with van der Waals surface area (Å²) >= 11 is 6.09. The number of hydrogen-bond acceptors (Lipinski definition) is 3. The number of sulfonamides is 1. The number of fused-ring (bicyclic) bond motifs is 1. The summed E-state index contributed by atoms with van der Waals surface area (Å²) in [5.41, 5.74) is 0.297. The Morgan fingerprint density at radius 3 is 2.70 bits per heavy atom. The van der Waals surface area contributed by atoms with Crippen LogP contribution < -0.4 is 15.9 Å². The lowest BCUT2D eigenvalue weighted by Crippen LogP contribution is -2.48. The Labute approximate surface area is 163 Å². The molecule has 6 nitrogen and oxygen atoms in total. The number of piperidine rings is 1. The molecule has 144 valence electrons. The van der Waals surface area contributed by atoms with Crippen LogP contribution >= 0.6 is 11.6 Å². The van der Waals surface area contributed by atoms with E-state index in [2.05, 4.69) is 22.1 Å². The second-order valence-electron chi connectivity index (χ2n) is 7.60. The zero-order valence-corrected chi connectivity index (χ0v) is 16.7. The lowest BCUT2D eigenvalue weighted by atomic mass is 9.88. The fraction of sp³-hybridized carbons (Fsp3) is 0.526. The smallest absolute Gasteiger partial charge is 0.268 e. The molecule has 1 saturated heterocycles. The van der Waals surface area contributed by atoms with E-state index in [1.165, 1.54) is 10.6 Å². The molecule has 0 radical (unpaired) electrons. The average molecular weight is 408 g/mol. The molecule has 1 aliphatic heterocycles. The molecule has 1 atom stereocenters.